The lowest BCUT2D eigenvalue weighted by Crippen LogP contribution is -2.17. The molecule has 0 spiro atoms. The number of hydrogen-bond acceptors (Lipinski definition) is 6. The van der Waals surface area contributed by atoms with E-state index >= 15 is 0 Å². The van der Waals surface area contributed by atoms with E-state index in [0.717, 1.165) is 20.8 Å². The maximum Gasteiger partial charge on any atom is 0.115 e. The van der Waals surface area contributed by atoms with Crippen molar-refractivity contribution in [1.82, 2.24) is 0 Å². The highest BCUT2D eigenvalue weighted by atomic mass is 16.4. The maximum absolute atomic E-state index is 8.63. The topological polar surface area (TPSA) is 93.4 Å². The van der Waals surface area contributed by atoms with Crippen molar-refractivity contribution in [2.24, 2.45) is 0 Å². The highest BCUT2D eigenvalue weighted by Crippen LogP contribution is 2.28. The van der Waals surface area contributed by atoms with Gasteiger partial charge >= 0.3 is 0 Å². The molecule has 0 unspecified atom stereocenters. The number of nitrogens with zero attached hydrogens (tertiary/aromatic N) is 1. The fourth-order valence-electron chi connectivity index (χ4n) is 4.25. The van der Waals surface area contributed by atoms with Crippen LogP contribution in [0.2, 0.25) is 0 Å². The molecule has 0 aromatic heterocycles. The average molecular weight is 780 g/mol. The summed E-state index contributed by atoms with van der Waals surface area (Å²) in [5, 5.41) is 31.3. The van der Waals surface area contributed by atoms with Gasteiger partial charge in [0.1, 0.15) is 11.5 Å². The number of rotatable bonds is 6. The summed E-state index contributed by atoms with van der Waals surface area (Å²) in [6.45, 7) is 16.8. The van der Waals surface area contributed by atoms with Crippen molar-refractivity contribution in [3.63, 3.8) is 0 Å². The van der Waals surface area contributed by atoms with E-state index in [1.807, 2.05) is 67.5 Å². The van der Waals surface area contributed by atoms with Gasteiger partial charge in [0.15, 0.2) is 0 Å². The lowest BCUT2D eigenvalue weighted by molar-refractivity contribution is 0.277. The second kappa shape index (κ2) is 46.5. The van der Waals surface area contributed by atoms with Gasteiger partial charge < -0.3 is 30.1 Å². The zero-order valence-electron chi connectivity index (χ0n) is 36.7. The van der Waals surface area contributed by atoms with Crippen molar-refractivity contribution in [2.75, 3.05) is 39.9 Å². The number of anilines is 2. The van der Waals surface area contributed by atoms with Gasteiger partial charge in [-0.1, -0.05) is 195 Å². The Hall–Kier alpha value is -5.66. The van der Waals surface area contributed by atoms with Crippen LogP contribution >= 0.6 is 0 Å². The summed E-state index contributed by atoms with van der Waals surface area (Å²) in [5.74, 6) is 0.644. The first kappa shape index (κ1) is 58.1. The largest absolute Gasteiger partial charge is 0.508 e. The van der Waals surface area contributed by atoms with Crippen LogP contribution in [0, 0.1) is 0 Å². The van der Waals surface area contributed by atoms with Gasteiger partial charge in [0.05, 0.1) is 0 Å². The quantitative estimate of drug-likeness (QED) is 0.135. The molecule has 0 saturated heterocycles. The third-order valence-electron chi connectivity index (χ3n) is 6.30. The number of phenolic OH excluding ortho intramolecular Hbond substituents is 2. The number of aliphatic hydroxyl groups excluding tert-OH is 2. The molecular formula is C51H73NO5. The van der Waals surface area contributed by atoms with Gasteiger partial charge in [-0.2, -0.15) is 0 Å². The lowest BCUT2D eigenvalue weighted by Gasteiger charge is -2.24. The first-order valence-corrected chi connectivity index (χ1v) is 19.6. The van der Waals surface area contributed by atoms with E-state index in [2.05, 4.69) is 137 Å². The van der Waals surface area contributed by atoms with E-state index in [9.17, 15) is 0 Å². The fourth-order valence-corrected chi connectivity index (χ4v) is 4.25. The third kappa shape index (κ3) is 29.3. The minimum Gasteiger partial charge on any atom is -0.508 e. The number of aromatic hydroxyl groups is 2. The highest BCUT2D eigenvalue weighted by molar-refractivity contribution is 5.80. The minimum absolute atomic E-state index is 0.322. The van der Waals surface area contributed by atoms with E-state index in [0.29, 0.717) is 11.5 Å². The van der Waals surface area contributed by atoms with E-state index in [1.54, 1.807) is 62.8 Å². The van der Waals surface area contributed by atoms with Crippen LogP contribution in [0.3, 0.4) is 0 Å². The molecule has 0 amide bonds. The Morgan fingerprint density at radius 3 is 0.825 bits per heavy atom. The Balaban J connectivity index is -0.000000396. The van der Waals surface area contributed by atoms with Crippen molar-refractivity contribution in [2.45, 2.75) is 55.4 Å². The third-order valence-corrected chi connectivity index (χ3v) is 6.30. The highest BCUT2D eigenvalue weighted by Gasteiger charge is 2.10. The van der Waals surface area contributed by atoms with Crippen LogP contribution < -0.4 is 4.90 Å². The van der Waals surface area contributed by atoms with Gasteiger partial charge in [-0.05, 0) is 65.2 Å². The average Bonchev–Trinajstić information content (AvgIpc) is 3.32. The van der Waals surface area contributed by atoms with Crippen molar-refractivity contribution in [3.05, 3.63) is 199 Å². The van der Waals surface area contributed by atoms with Gasteiger partial charge in [0.25, 0.3) is 0 Å². The normalized spacial score (nSPS) is 8.11. The zero-order chi connectivity index (χ0) is 44.0. The molecule has 0 heterocycles. The molecule has 6 heteroatoms. The van der Waals surface area contributed by atoms with Gasteiger partial charge in [-0.3, -0.25) is 0 Å². The number of benzene rings is 6. The Morgan fingerprint density at radius 1 is 0.404 bits per heavy atom. The number of aliphatic hydroxyl groups is 2. The van der Waals surface area contributed by atoms with Crippen LogP contribution in [-0.2, 0) is 4.74 Å². The number of ether oxygens (including phenoxy) is 1. The van der Waals surface area contributed by atoms with Crippen LogP contribution in [0.5, 0.6) is 11.5 Å². The molecule has 0 aliphatic heterocycles. The fraction of sp³-hybridized carbons (Fsp3) is 0.255. The molecule has 312 valence electrons. The molecule has 57 heavy (non-hydrogen) atoms. The van der Waals surface area contributed by atoms with E-state index in [-0.39, 0.29) is 0 Å². The molecule has 6 rings (SSSR count). The number of phenols is 2. The summed E-state index contributed by atoms with van der Waals surface area (Å²) in [4.78, 5) is 2.34. The SMILES string of the molecule is C(CN(c1ccccc1)c1ccccc1)=C(c1ccccc1)c1ccccc1.CC.CC.CC.CC.CO.CO.COC.Oc1ccccc1.Oc1ccccc1. The van der Waals surface area contributed by atoms with E-state index < -0.39 is 0 Å². The second-order valence-electron chi connectivity index (χ2n) is 9.71. The van der Waals surface area contributed by atoms with Crippen molar-refractivity contribution >= 4 is 16.9 Å². The Morgan fingerprint density at radius 2 is 0.614 bits per heavy atom. The summed E-state index contributed by atoms with van der Waals surface area (Å²) < 4.78 is 4.25. The van der Waals surface area contributed by atoms with Crippen molar-refractivity contribution in [3.8, 4) is 11.5 Å². The predicted octanol–water partition coefficient (Wildman–Crippen LogP) is 13.3. The first-order chi connectivity index (χ1) is 28.1. The van der Waals surface area contributed by atoms with Gasteiger partial charge in [0.2, 0.25) is 0 Å². The van der Waals surface area contributed by atoms with Crippen LogP contribution in [0.25, 0.3) is 5.57 Å². The number of para-hydroxylation sites is 4. The van der Waals surface area contributed by atoms with Crippen LogP contribution in [0.4, 0.5) is 11.4 Å². The molecule has 0 aliphatic carbocycles. The van der Waals surface area contributed by atoms with Crippen molar-refractivity contribution < 1.29 is 25.2 Å². The molecule has 6 aromatic rings. The maximum atomic E-state index is 8.63. The van der Waals surface area contributed by atoms with Gasteiger partial charge in [-0.25, -0.2) is 0 Å². The molecule has 0 radical (unpaired) electrons. The summed E-state index contributed by atoms with van der Waals surface area (Å²) >= 11 is 0. The Labute approximate surface area is 347 Å². The van der Waals surface area contributed by atoms with Crippen LogP contribution in [0.15, 0.2) is 188 Å². The Kier molecular flexibility index (Phi) is 47.4. The summed E-state index contributed by atoms with van der Waals surface area (Å²) in [5.41, 5.74) is 6.08. The molecule has 0 atom stereocenters. The molecular weight excluding hydrogens is 707 g/mol. The first-order valence-electron chi connectivity index (χ1n) is 19.6. The number of methoxy groups -OCH3 is 1. The van der Waals surface area contributed by atoms with Gasteiger partial charge in [0, 0.05) is 46.4 Å². The minimum atomic E-state index is 0.322. The summed E-state index contributed by atoms with van der Waals surface area (Å²) in [7, 11) is 5.25. The van der Waals surface area contributed by atoms with E-state index in [1.165, 1.54) is 28.1 Å². The van der Waals surface area contributed by atoms with Crippen LogP contribution in [0.1, 0.15) is 66.5 Å². The molecule has 0 saturated carbocycles. The van der Waals surface area contributed by atoms with E-state index in [4.69, 9.17) is 20.4 Å². The molecule has 0 bridgehead atoms. The number of hydrogen-bond donors (Lipinski definition) is 4. The standard InChI is InChI=1S/C27H23N.2C6H6O.C2H6O.4C2H6.2CH4O/c1-5-13-23(14-6-1)27(24-15-7-2-8-16-24)21-22-28(25-17-9-3-10-18-25)26-19-11-4-12-20-26;2*7-6-4-2-1-3-5-6;1-3-2;6*1-2/h1-21H,22H2;2*1-5,7H;1-2H3;4*1-2H3;2*2H,1H3. The molecule has 6 aromatic carbocycles. The Bertz CT molecular complexity index is 1490. The molecule has 0 aliphatic rings. The second-order valence-corrected chi connectivity index (χ2v) is 9.71. The van der Waals surface area contributed by atoms with Gasteiger partial charge in [-0.15, -0.1) is 0 Å². The smallest absolute Gasteiger partial charge is 0.115 e. The predicted molar refractivity (Wildman–Crippen MR) is 251 cm³/mol. The molecule has 6 nitrogen and oxygen atoms in total. The molecule has 4 N–H and O–H groups in total. The molecule has 0 fully saturated rings. The van der Waals surface area contributed by atoms with Crippen molar-refractivity contribution in [1.29, 1.82) is 0 Å². The lowest BCUT2D eigenvalue weighted by atomic mass is 9.97. The summed E-state index contributed by atoms with van der Waals surface area (Å²) in [6, 6.07) is 59.7. The van der Waals surface area contributed by atoms with Crippen LogP contribution in [-0.4, -0.2) is 55.4 Å². The zero-order valence-corrected chi connectivity index (χ0v) is 36.7. The summed E-state index contributed by atoms with van der Waals surface area (Å²) in [6.07, 6.45) is 2.32. The monoisotopic (exact) mass is 780 g/mol.